The van der Waals surface area contributed by atoms with E-state index in [9.17, 15) is 16.8 Å². The molecule has 2 fully saturated rings. The molecule has 4 heterocycles. The van der Waals surface area contributed by atoms with Crippen LogP contribution in [0.2, 0.25) is 0 Å². The Hall–Kier alpha value is -3.49. The molecule has 0 saturated carbocycles. The molecule has 0 amide bonds. The van der Waals surface area contributed by atoms with E-state index in [0.717, 1.165) is 87.9 Å². The Morgan fingerprint density at radius 3 is 1.52 bits per heavy atom. The van der Waals surface area contributed by atoms with Gasteiger partial charge in [0.1, 0.15) is 11.6 Å². The van der Waals surface area contributed by atoms with Gasteiger partial charge in [-0.2, -0.15) is 0 Å². The van der Waals surface area contributed by atoms with Crippen LogP contribution in [-0.4, -0.2) is 62.4 Å². The van der Waals surface area contributed by atoms with Crippen LogP contribution >= 0.6 is 10.7 Å². The van der Waals surface area contributed by atoms with Crippen molar-refractivity contribution in [3.8, 4) is 0 Å². The van der Waals surface area contributed by atoms with Crippen LogP contribution in [0.3, 0.4) is 0 Å². The van der Waals surface area contributed by atoms with Crippen molar-refractivity contribution in [1.82, 2.24) is 19.1 Å². The number of imidazole rings is 2. The number of anilines is 1. The monoisotopic (exact) mass is 797 g/mol. The van der Waals surface area contributed by atoms with Gasteiger partial charge < -0.3 is 18.6 Å². The molecule has 5 aromatic rings. The summed E-state index contributed by atoms with van der Waals surface area (Å²) in [7, 11) is -1.97. The number of nitrogens with zero attached hydrogens (tertiary/aromatic N) is 4. The Balaban J connectivity index is 0.000000189. The molecule has 2 aliphatic heterocycles. The largest absolute Gasteiger partial charge is 0.381 e. The predicted octanol–water partition coefficient (Wildman–Crippen LogP) is 8.25. The Morgan fingerprint density at radius 1 is 0.667 bits per heavy atom. The Kier molecular flexibility index (Phi) is 11.9. The average Bonchev–Trinajstić information content (AvgIpc) is 3.67. The van der Waals surface area contributed by atoms with Crippen molar-refractivity contribution in [2.75, 3.05) is 31.1 Å². The van der Waals surface area contributed by atoms with Crippen molar-refractivity contribution >= 4 is 57.5 Å². The van der Waals surface area contributed by atoms with E-state index in [0.29, 0.717) is 28.6 Å². The fourth-order valence-electron chi connectivity index (χ4n) is 7.15. The van der Waals surface area contributed by atoms with Crippen molar-refractivity contribution in [2.24, 2.45) is 11.8 Å². The first-order valence-electron chi connectivity index (χ1n) is 18.6. The number of aromatic nitrogens is 4. The fourth-order valence-corrected chi connectivity index (χ4v) is 9.00. The maximum atomic E-state index is 12.9. The molecule has 11 nitrogen and oxygen atoms in total. The van der Waals surface area contributed by atoms with E-state index < -0.39 is 19.1 Å². The number of sulfonamides is 1. The maximum Gasteiger partial charge on any atom is 0.261 e. The van der Waals surface area contributed by atoms with E-state index >= 15 is 0 Å². The first kappa shape index (κ1) is 40.2. The smallest absolute Gasteiger partial charge is 0.261 e. The van der Waals surface area contributed by atoms with Gasteiger partial charge in [0.2, 0.25) is 0 Å². The molecular weight excluding hydrogens is 746 g/mol. The summed E-state index contributed by atoms with van der Waals surface area (Å²) in [4.78, 5) is 9.91. The number of ether oxygens (including phenoxy) is 2. The minimum absolute atomic E-state index is 0.0906. The average molecular weight is 798 g/mol. The van der Waals surface area contributed by atoms with Crippen LogP contribution in [0.4, 0.5) is 5.69 Å². The predicted molar refractivity (Wildman–Crippen MR) is 214 cm³/mol. The van der Waals surface area contributed by atoms with E-state index in [1.165, 1.54) is 0 Å². The highest BCUT2D eigenvalue weighted by molar-refractivity contribution is 8.13. The van der Waals surface area contributed by atoms with Gasteiger partial charge in [0.05, 0.1) is 31.9 Å². The summed E-state index contributed by atoms with van der Waals surface area (Å²) in [5, 5.41) is 0. The van der Waals surface area contributed by atoms with Crippen molar-refractivity contribution in [3.63, 3.8) is 0 Å². The van der Waals surface area contributed by atoms with Crippen LogP contribution in [0.1, 0.15) is 78.9 Å². The lowest BCUT2D eigenvalue weighted by atomic mass is 9.94. The highest BCUT2D eigenvalue weighted by atomic mass is 35.7. The quantitative estimate of drug-likeness (QED) is 0.155. The van der Waals surface area contributed by atoms with Crippen molar-refractivity contribution < 1.29 is 26.3 Å². The molecule has 2 aromatic heterocycles. The van der Waals surface area contributed by atoms with E-state index in [4.69, 9.17) is 30.1 Å². The zero-order valence-corrected chi connectivity index (χ0v) is 34.4. The van der Waals surface area contributed by atoms with Crippen molar-refractivity contribution in [1.29, 1.82) is 0 Å². The second kappa shape index (κ2) is 15.9. The first-order valence-corrected chi connectivity index (χ1v) is 22.4. The third-order valence-corrected chi connectivity index (χ3v) is 12.7. The van der Waals surface area contributed by atoms with Gasteiger partial charge in [0.15, 0.2) is 0 Å². The topological polar surface area (TPSA) is 134 Å². The minimum Gasteiger partial charge on any atom is -0.381 e. The molecule has 54 heavy (non-hydrogen) atoms. The van der Waals surface area contributed by atoms with Gasteiger partial charge in [-0.1, -0.05) is 59.7 Å². The number of fused-ring (bicyclic) bond motifs is 2. The first-order chi connectivity index (χ1) is 25.4. The standard InChI is InChI=1S/C23H29N3O3S.C17H23ClN2O3S/c1-23(2,3)22-24-20-15-19(30(27,28)25-18-7-5-4-6-8-18)9-10-21(20)26(22)16-17-11-13-29-14-12-17;1-17(2,3)16-19-14-10-13(24(18,21)22)4-5-15(14)20(16)11-12-6-8-23-9-7-12/h4-10,15,17,25H,11-14,16H2,1-3H3;4-5,10,12H,6-9,11H2,1-3H3. The molecule has 7 rings (SSSR count). The van der Waals surface area contributed by atoms with E-state index in [-0.39, 0.29) is 20.6 Å². The lowest BCUT2D eigenvalue weighted by molar-refractivity contribution is 0.0610. The number of para-hydroxylation sites is 1. The molecule has 0 spiro atoms. The summed E-state index contributed by atoms with van der Waals surface area (Å²) in [6.07, 6.45) is 4.15. The summed E-state index contributed by atoms with van der Waals surface area (Å²) in [5.74, 6) is 3.04. The Labute approximate surface area is 323 Å². The number of hydrogen-bond acceptors (Lipinski definition) is 8. The molecule has 0 aliphatic carbocycles. The van der Waals surface area contributed by atoms with Crippen LogP contribution in [-0.2, 0) is 52.5 Å². The van der Waals surface area contributed by atoms with E-state index in [1.54, 1.807) is 48.5 Å². The Bertz CT molecular complexity index is 2300. The number of halogens is 1. The molecule has 292 valence electrons. The molecular formula is C40H52ClN5O6S2. The number of benzene rings is 3. The highest BCUT2D eigenvalue weighted by Crippen LogP contribution is 2.32. The molecule has 0 radical (unpaired) electrons. The number of nitrogens with one attached hydrogen (secondary N) is 1. The van der Waals surface area contributed by atoms with Crippen LogP contribution < -0.4 is 4.72 Å². The second-order valence-corrected chi connectivity index (χ2v) is 20.7. The maximum absolute atomic E-state index is 12.9. The SMILES string of the molecule is CC(C)(C)c1nc2cc(S(=O)(=O)Cl)ccc2n1CC1CCOCC1.CC(C)(C)c1nc2cc(S(=O)(=O)Nc3ccccc3)ccc2n1CC1CCOCC1. The van der Waals surface area contributed by atoms with Crippen molar-refractivity contribution in [3.05, 3.63) is 78.4 Å². The minimum atomic E-state index is -3.75. The van der Waals surface area contributed by atoms with Gasteiger partial charge in [-0.15, -0.1) is 0 Å². The number of hydrogen-bond donors (Lipinski definition) is 1. The van der Waals surface area contributed by atoms with Gasteiger partial charge in [-0.25, -0.2) is 26.8 Å². The van der Waals surface area contributed by atoms with Gasteiger partial charge in [-0.3, -0.25) is 4.72 Å². The van der Waals surface area contributed by atoms with E-state index in [1.807, 2.05) is 18.2 Å². The molecule has 0 unspecified atom stereocenters. The highest BCUT2D eigenvalue weighted by Gasteiger charge is 2.28. The third-order valence-electron chi connectivity index (χ3n) is 9.96. The zero-order chi connectivity index (χ0) is 38.9. The summed E-state index contributed by atoms with van der Waals surface area (Å²) >= 11 is 0. The van der Waals surface area contributed by atoms with Crippen LogP contribution in [0.5, 0.6) is 0 Å². The summed E-state index contributed by atoms with van der Waals surface area (Å²) < 4.78 is 67.1. The molecule has 14 heteroatoms. The summed E-state index contributed by atoms with van der Waals surface area (Å²) in [6, 6.07) is 19.1. The number of rotatable bonds is 8. The molecule has 2 aliphatic rings. The summed E-state index contributed by atoms with van der Waals surface area (Å²) in [5.41, 5.74) is 3.57. The molecule has 0 bridgehead atoms. The lowest BCUT2D eigenvalue weighted by Gasteiger charge is -2.26. The molecule has 0 atom stereocenters. The lowest BCUT2D eigenvalue weighted by Crippen LogP contribution is -2.25. The van der Waals surface area contributed by atoms with Gasteiger partial charge >= 0.3 is 0 Å². The summed E-state index contributed by atoms with van der Waals surface area (Å²) in [6.45, 7) is 17.7. The molecule has 1 N–H and O–H groups in total. The van der Waals surface area contributed by atoms with Crippen LogP contribution in [0.15, 0.2) is 76.5 Å². The van der Waals surface area contributed by atoms with Crippen molar-refractivity contribution in [2.45, 2.75) is 101 Å². The van der Waals surface area contributed by atoms with E-state index in [2.05, 4.69) is 55.4 Å². The normalized spacial score (nSPS) is 16.7. The van der Waals surface area contributed by atoms with Gasteiger partial charge in [0.25, 0.3) is 19.1 Å². The van der Waals surface area contributed by atoms with Crippen LogP contribution in [0, 0.1) is 11.8 Å². The van der Waals surface area contributed by atoms with Gasteiger partial charge in [-0.05, 0) is 86.1 Å². The van der Waals surface area contributed by atoms with Crippen LogP contribution in [0.25, 0.3) is 22.1 Å². The molecule has 3 aromatic carbocycles. The second-order valence-electron chi connectivity index (χ2n) is 16.4. The molecule has 2 saturated heterocycles. The Morgan fingerprint density at radius 2 is 1.09 bits per heavy atom. The zero-order valence-electron chi connectivity index (χ0n) is 32.0. The third kappa shape index (κ3) is 9.47. The van der Waals surface area contributed by atoms with Gasteiger partial charge in [0, 0.05) is 66.7 Å². The fraction of sp³-hybridized carbons (Fsp3) is 0.500.